The van der Waals surface area contributed by atoms with Gasteiger partial charge in [-0.15, -0.1) is 0 Å². The predicted molar refractivity (Wildman–Crippen MR) is 111 cm³/mol. The standard InChI is InChI=1S/C23H23N3O5/c1-31-19-11-7-17(8-12-19)13-24(18-9-10-18)20(27)15-26-22(29)21(28)25(23(26)30)14-16-5-3-2-4-6-16/h2-8,11-12,18H,9-10,13-15H2,1H3. The fraction of sp³-hybridized carbons (Fsp3) is 0.304. The highest BCUT2D eigenvalue weighted by Gasteiger charge is 2.46. The molecule has 160 valence electrons. The maximum absolute atomic E-state index is 13.0. The summed E-state index contributed by atoms with van der Waals surface area (Å²) in [5.41, 5.74) is 1.64. The molecule has 0 aromatic heterocycles. The van der Waals surface area contributed by atoms with Gasteiger partial charge >= 0.3 is 17.8 Å². The number of hydrogen-bond acceptors (Lipinski definition) is 5. The predicted octanol–water partition coefficient (Wildman–Crippen LogP) is 2.18. The number of methoxy groups -OCH3 is 1. The third-order valence-corrected chi connectivity index (χ3v) is 5.43. The molecule has 0 bridgehead atoms. The second kappa shape index (κ2) is 8.59. The van der Waals surface area contributed by atoms with Crippen LogP contribution in [0.5, 0.6) is 5.75 Å². The van der Waals surface area contributed by atoms with Crippen LogP contribution in [0.25, 0.3) is 0 Å². The average molecular weight is 421 g/mol. The lowest BCUT2D eigenvalue weighted by Crippen LogP contribution is -2.44. The number of rotatable bonds is 8. The molecule has 8 nitrogen and oxygen atoms in total. The van der Waals surface area contributed by atoms with Gasteiger partial charge in [-0.05, 0) is 36.1 Å². The van der Waals surface area contributed by atoms with Crippen molar-refractivity contribution in [2.45, 2.75) is 32.0 Å². The van der Waals surface area contributed by atoms with E-state index in [1.54, 1.807) is 36.3 Å². The van der Waals surface area contributed by atoms with Crippen molar-refractivity contribution in [1.82, 2.24) is 14.7 Å². The zero-order valence-electron chi connectivity index (χ0n) is 17.2. The second-order valence-corrected chi connectivity index (χ2v) is 7.65. The van der Waals surface area contributed by atoms with E-state index in [0.29, 0.717) is 6.54 Å². The Morgan fingerprint density at radius 1 is 0.935 bits per heavy atom. The van der Waals surface area contributed by atoms with Crippen molar-refractivity contribution < 1.29 is 23.9 Å². The molecule has 1 heterocycles. The number of carbonyl (C=O) groups excluding carboxylic acids is 4. The smallest absolute Gasteiger partial charge is 0.335 e. The zero-order chi connectivity index (χ0) is 22.0. The summed E-state index contributed by atoms with van der Waals surface area (Å²) in [6.07, 6.45) is 1.76. The van der Waals surface area contributed by atoms with Gasteiger partial charge in [0.05, 0.1) is 13.7 Å². The molecule has 4 rings (SSSR count). The van der Waals surface area contributed by atoms with Crippen LogP contribution in [-0.2, 0) is 27.5 Å². The summed E-state index contributed by atoms with van der Waals surface area (Å²) in [5, 5.41) is 0. The molecule has 0 radical (unpaired) electrons. The van der Waals surface area contributed by atoms with E-state index < -0.39 is 24.4 Å². The van der Waals surface area contributed by atoms with E-state index in [-0.39, 0.29) is 18.5 Å². The maximum Gasteiger partial charge on any atom is 0.335 e. The third-order valence-electron chi connectivity index (χ3n) is 5.43. The van der Waals surface area contributed by atoms with Crippen LogP contribution in [0.2, 0.25) is 0 Å². The van der Waals surface area contributed by atoms with Gasteiger partial charge in [0.25, 0.3) is 0 Å². The van der Waals surface area contributed by atoms with E-state index in [9.17, 15) is 19.2 Å². The van der Waals surface area contributed by atoms with Crippen molar-refractivity contribution in [3.05, 3.63) is 65.7 Å². The van der Waals surface area contributed by atoms with Crippen molar-refractivity contribution in [1.29, 1.82) is 0 Å². The molecule has 2 aliphatic rings. The lowest BCUT2D eigenvalue weighted by Gasteiger charge is -2.24. The third kappa shape index (κ3) is 4.42. The van der Waals surface area contributed by atoms with Gasteiger partial charge in [-0.1, -0.05) is 42.5 Å². The summed E-state index contributed by atoms with van der Waals surface area (Å²) in [6, 6.07) is 15.6. The minimum atomic E-state index is -0.963. The normalized spacial score (nSPS) is 16.1. The van der Waals surface area contributed by atoms with E-state index in [4.69, 9.17) is 4.74 Å². The fourth-order valence-electron chi connectivity index (χ4n) is 3.56. The summed E-state index contributed by atoms with van der Waals surface area (Å²) in [5.74, 6) is -1.50. The van der Waals surface area contributed by atoms with Crippen molar-refractivity contribution in [3.8, 4) is 5.75 Å². The zero-order valence-corrected chi connectivity index (χ0v) is 17.2. The first-order chi connectivity index (χ1) is 15.0. The molecule has 0 unspecified atom stereocenters. The number of benzene rings is 2. The molecule has 0 atom stereocenters. The van der Waals surface area contributed by atoms with Gasteiger partial charge in [0.1, 0.15) is 12.3 Å². The first kappa shape index (κ1) is 20.6. The average Bonchev–Trinajstić information content (AvgIpc) is 3.61. The molecule has 2 fully saturated rings. The molecule has 31 heavy (non-hydrogen) atoms. The minimum absolute atomic E-state index is 0.00682. The number of ether oxygens (including phenoxy) is 1. The first-order valence-corrected chi connectivity index (χ1v) is 10.1. The molecular weight excluding hydrogens is 398 g/mol. The number of hydrogen-bond donors (Lipinski definition) is 0. The van der Waals surface area contributed by atoms with Crippen LogP contribution >= 0.6 is 0 Å². The monoisotopic (exact) mass is 421 g/mol. The van der Waals surface area contributed by atoms with Crippen LogP contribution in [0.4, 0.5) is 4.79 Å². The highest BCUT2D eigenvalue weighted by molar-refractivity contribution is 6.44. The molecule has 0 spiro atoms. The lowest BCUT2D eigenvalue weighted by molar-refractivity contribution is -0.145. The number of amides is 5. The summed E-state index contributed by atoms with van der Waals surface area (Å²) in [7, 11) is 1.58. The van der Waals surface area contributed by atoms with Crippen molar-refractivity contribution >= 4 is 23.8 Å². The van der Waals surface area contributed by atoms with Crippen LogP contribution in [0.15, 0.2) is 54.6 Å². The number of nitrogens with zero attached hydrogens (tertiary/aromatic N) is 3. The molecule has 2 aromatic carbocycles. The second-order valence-electron chi connectivity index (χ2n) is 7.65. The quantitative estimate of drug-likeness (QED) is 0.482. The summed E-state index contributed by atoms with van der Waals surface area (Å²) in [4.78, 5) is 53.8. The highest BCUT2D eigenvalue weighted by atomic mass is 16.5. The van der Waals surface area contributed by atoms with E-state index in [2.05, 4.69) is 0 Å². The van der Waals surface area contributed by atoms with Gasteiger partial charge < -0.3 is 9.64 Å². The van der Waals surface area contributed by atoms with E-state index in [1.807, 2.05) is 30.3 Å². The van der Waals surface area contributed by atoms with Gasteiger partial charge in [0.15, 0.2) is 0 Å². The van der Waals surface area contributed by atoms with E-state index >= 15 is 0 Å². The maximum atomic E-state index is 13.0. The Morgan fingerprint density at radius 3 is 2.19 bits per heavy atom. The molecule has 5 amide bonds. The Morgan fingerprint density at radius 2 is 1.58 bits per heavy atom. The lowest BCUT2D eigenvalue weighted by atomic mass is 10.2. The van der Waals surface area contributed by atoms with Crippen molar-refractivity contribution in [2.75, 3.05) is 13.7 Å². The van der Waals surface area contributed by atoms with Crippen LogP contribution in [0, 0.1) is 0 Å². The Balaban J connectivity index is 1.44. The van der Waals surface area contributed by atoms with E-state index in [0.717, 1.165) is 39.5 Å². The van der Waals surface area contributed by atoms with Gasteiger partial charge in [0.2, 0.25) is 5.91 Å². The Labute approximate surface area is 180 Å². The van der Waals surface area contributed by atoms with Crippen LogP contribution in [-0.4, -0.2) is 58.1 Å². The molecule has 2 aromatic rings. The molecule has 0 N–H and O–H groups in total. The fourth-order valence-corrected chi connectivity index (χ4v) is 3.56. The van der Waals surface area contributed by atoms with Crippen LogP contribution < -0.4 is 4.74 Å². The van der Waals surface area contributed by atoms with Crippen LogP contribution in [0.3, 0.4) is 0 Å². The van der Waals surface area contributed by atoms with E-state index in [1.165, 1.54) is 0 Å². The van der Waals surface area contributed by atoms with Gasteiger partial charge in [0, 0.05) is 12.6 Å². The van der Waals surface area contributed by atoms with Crippen LogP contribution in [0.1, 0.15) is 24.0 Å². The number of urea groups is 1. The van der Waals surface area contributed by atoms with Crippen molar-refractivity contribution in [3.63, 3.8) is 0 Å². The number of carbonyl (C=O) groups is 4. The number of imide groups is 2. The molecule has 1 saturated carbocycles. The van der Waals surface area contributed by atoms with Gasteiger partial charge in [-0.2, -0.15) is 0 Å². The Hall–Kier alpha value is -3.68. The topological polar surface area (TPSA) is 87.2 Å². The summed E-state index contributed by atoms with van der Waals surface area (Å²) >= 11 is 0. The highest BCUT2D eigenvalue weighted by Crippen LogP contribution is 2.29. The molecular formula is C23H23N3O5. The van der Waals surface area contributed by atoms with Crippen molar-refractivity contribution in [2.24, 2.45) is 0 Å². The van der Waals surface area contributed by atoms with Gasteiger partial charge in [-0.25, -0.2) is 9.69 Å². The Kier molecular flexibility index (Phi) is 5.70. The minimum Gasteiger partial charge on any atom is -0.497 e. The summed E-state index contributed by atoms with van der Waals surface area (Å²) in [6.45, 7) is -0.0835. The first-order valence-electron chi connectivity index (χ1n) is 10.1. The van der Waals surface area contributed by atoms with Gasteiger partial charge in [-0.3, -0.25) is 19.3 Å². The SMILES string of the molecule is COc1ccc(CN(C(=O)CN2C(=O)C(=O)N(Cc3ccccc3)C2=O)C2CC2)cc1. The molecule has 8 heteroatoms. The summed E-state index contributed by atoms with van der Waals surface area (Å²) < 4.78 is 5.16. The molecule has 1 saturated heterocycles. The molecule has 1 aliphatic heterocycles. The largest absolute Gasteiger partial charge is 0.497 e. The molecule has 1 aliphatic carbocycles. The Bertz CT molecular complexity index is 1000.